The lowest BCUT2D eigenvalue weighted by Gasteiger charge is -2.05. The molecule has 0 bridgehead atoms. The lowest BCUT2D eigenvalue weighted by Crippen LogP contribution is -2.23. The Labute approximate surface area is 94.7 Å². The molecule has 0 radical (unpaired) electrons. The zero-order chi connectivity index (χ0) is 12.0. The molecule has 1 aromatic rings. The summed E-state index contributed by atoms with van der Waals surface area (Å²) < 4.78 is 0. The Kier molecular flexibility index (Phi) is 4.08. The van der Waals surface area contributed by atoms with Crippen LogP contribution in [-0.2, 0) is 11.3 Å². The van der Waals surface area contributed by atoms with E-state index >= 15 is 0 Å². The Balaban J connectivity index is 2.73. The van der Waals surface area contributed by atoms with Gasteiger partial charge in [-0.25, -0.2) is 0 Å². The molecule has 0 aliphatic carbocycles. The van der Waals surface area contributed by atoms with Crippen LogP contribution in [0.25, 0.3) is 0 Å². The molecular weight excluding hydrogens is 200 g/mol. The Morgan fingerprint density at radius 3 is 2.81 bits per heavy atom. The third kappa shape index (κ3) is 2.84. The van der Waals surface area contributed by atoms with Crippen molar-refractivity contribution in [2.24, 2.45) is 0 Å². The van der Waals surface area contributed by atoms with Crippen molar-refractivity contribution in [3.63, 3.8) is 0 Å². The minimum Gasteiger partial charge on any atom is -0.348 e. The minimum atomic E-state index is -0.220. The molecule has 0 heterocycles. The van der Waals surface area contributed by atoms with Crippen molar-refractivity contribution >= 4 is 5.91 Å². The third-order valence-corrected chi connectivity index (χ3v) is 2.18. The minimum absolute atomic E-state index is 0.220. The van der Waals surface area contributed by atoms with E-state index in [0.717, 1.165) is 5.56 Å². The molecular formula is C13H12N2O. The second-order valence-electron chi connectivity index (χ2n) is 3.25. The van der Waals surface area contributed by atoms with E-state index in [1.807, 2.05) is 12.1 Å². The molecule has 1 N–H and O–H groups in total. The zero-order valence-corrected chi connectivity index (χ0v) is 9.08. The summed E-state index contributed by atoms with van der Waals surface area (Å²) in [7, 11) is 0. The van der Waals surface area contributed by atoms with Crippen LogP contribution in [0.2, 0.25) is 0 Å². The predicted molar refractivity (Wildman–Crippen MR) is 61.3 cm³/mol. The van der Waals surface area contributed by atoms with E-state index in [1.54, 1.807) is 19.1 Å². The van der Waals surface area contributed by atoms with Gasteiger partial charge in [0.15, 0.2) is 0 Å². The van der Waals surface area contributed by atoms with E-state index in [-0.39, 0.29) is 5.91 Å². The molecule has 1 rings (SSSR count). The van der Waals surface area contributed by atoms with Crippen molar-refractivity contribution in [2.75, 3.05) is 0 Å². The molecule has 0 spiro atoms. The van der Waals surface area contributed by atoms with Crippen LogP contribution in [0, 0.1) is 11.3 Å². The summed E-state index contributed by atoms with van der Waals surface area (Å²) in [6, 6.07) is 9.23. The largest absolute Gasteiger partial charge is 0.348 e. The van der Waals surface area contributed by atoms with Gasteiger partial charge in [-0.1, -0.05) is 24.8 Å². The van der Waals surface area contributed by atoms with Gasteiger partial charge in [0.2, 0.25) is 0 Å². The molecule has 0 fully saturated rings. The molecule has 0 unspecified atom stereocenters. The summed E-state index contributed by atoms with van der Waals surface area (Å²) in [6.45, 7) is 5.37. The molecule has 3 nitrogen and oxygen atoms in total. The van der Waals surface area contributed by atoms with Crippen LogP contribution < -0.4 is 5.32 Å². The number of benzene rings is 1. The molecule has 1 aromatic carbocycles. The summed E-state index contributed by atoms with van der Waals surface area (Å²) in [6.07, 6.45) is 0. The molecule has 0 aliphatic rings. The van der Waals surface area contributed by atoms with Crippen LogP contribution in [0.1, 0.15) is 18.1 Å². The first-order valence-electron chi connectivity index (χ1n) is 4.82. The van der Waals surface area contributed by atoms with Gasteiger partial charge in [-0.05, 0) is 18.6 Å². The van der Waals surface area contributed by atoms with E-state index in [1.165, 1.54) is 0 Å². The van der Waals surface area contributed by atoms with Crippen LogP contribution in [0.4, 0.5) is 0 Å². The number of carbonyl (C=O) groups excluding carboxylic acids is 1. The Hall–Kier alpha value is -2.30. The van der Waals surface area contributed by atoms with Crippen molar-refractivity contribution in [2.45, 2.75) is 13.5 Å². The molecule has 0 aromatic heterocycles. The van der Waals surface area contributed by atoms with Crippen molar-refractivity contribution in [1.29, 1.82) is 5.26 Å². The number of hydrogen-bond acceptors (Lipinski definition) is 2. The van der Waals surface area contributed by atoms with Crippen LogP contribution in [0.15, 0.2) is 42.1 Å². The van der Waals surface area contributed by atoms with Gasteiger partial charge in [0.05, 0.1) is 17.2 Å². The fourth-order valence-electron chi connectivity index (χ4n) is 1.17. The predicted octanol–water partition coefficient (Wildman–Crippen LogP) is 1.91. The molecule has 0 atom stereocenters. The van der Waals surface area contributed by atoms with E-state index < -0.39 is 0 Å². The maximum atomic E-state index is 11.4. The second-order valence-corrected chi connectivity index (χ2v) is 3.25. The second kappa shape index (κ2) is 5.55. The summed E-state index contributed by atoms with van der Waals surface area (Å²) in [5.74, 6) is -0.220. The van der Waals surface area contributed by atoms with Gasteiger partial charge < -0.3 is 5.32 Å². The number of carbonyl (C=O) groups is 1. The molecule has 3 heteroatoms. The number of nitriles is 1. The zero-order valence-electron chi connectivity index (χ0n) is 9.08. The number of amides is 1. The van der Waals surface area contributed by atoms with E-state index in [0.29, 0.717) is 17.7 Å². The average molecular weight is 212 g/mol. The Morgan fingerprint density at radius 2 is 2.19 bits per heavy atom. The van der Waals surface area contributed by atoms with Gasteiger partial charge in [-0.3, -0.25) is 4.79 Å². The van der Waals surface area contributed by atoms with Crippen LogP contribution in [-0.4, -0.2) is 5.91 Å². The normalized spacial score (nSPS) is 8.75. The molecule has 1 amide bonds. The Morgan fingerprint density at radius 1 is 1.50 bits per heavy atom. The highest BCUT2D eigenvalue weighted by molar-refractivity contribution is 5.92. The smallest absolute Gasteiger partial charge is 0.254 e. The lowest BCUT2D eigenvalue weighted by atomic mass is 10.1. The van der Waals surface area contributed by atoms with Gasteiger partial charge in [0, 0.05) is 6.54 Å². The number of nitrogens with one attached hydrogen (secondary N) is 1. The topological polar surface area (TPSA) is 52.9 Å². The summed E-state index contributed by atoms with van der Waals surface area (Å²) >= 11 is 0. The van der Waals surface area contributed by atoms with Crippen LogP contribution in [0.3, 0.4) is 0 Å². The first-order valence-corrected chi connectivity index (χ1v) is 4.82. The van der Waals surface area contributed by atoms with Gasteiger partial charge in [-0.2, -0.15) is 5.26 Å². The van der Waals surface area contributed by atoms with Gasteiger partial charge in [0.1, 0.15) is 0 Å². The third-order valence-electron chi connectivity index (χ3n) is 2.18. The van der Waals surface area contributed by atoms with Gasteiger partial charge in [0.25, 0.3) is 5.91 Å². The molecule has 0 aliphatic heterocycles. The van der Waals surface area contributed by atoms with Crippen molar-refractivity contribution in [3.8, 4) is 6.07 Å². The number of nitrogens with zero attached hydrogens (tertiary/aromatic N) is 1. The summed E-state index contributed by atoms with van der Waals surface area (Å²) in [5, 5.41) is 11.5. The standard InChI is InChI=1S/C13H12N2O/c1-3-10(2)13(16)15-9-12-7-5-4-6-11(12)8-14/h4-7H,1,9H2,2H3,(H,15,16). The molecule has 16 heavy (non-hydrogen) atoms. The summed E-state index contributed by atoms with van der Waals surface area (Å²) in [5.41, 5.74) is 4.33. The van der Waals surface area contributed by atoms with Crippen molar-refractivity contribution in [1.82, 2.24) is 5.32 Å². The fraction of sp³-hybridized carbons (Fsp3) is 0.154. The molecule has 0 saturated carbocycles. The number of rotatable bonds is 3. The molecule has 0 saturated heterocycles. The summed E-state index contributed by atoms with van der Waals surface area (Å²) in [4.78, 5) is 11.4. The van der Waals surface area contributed by atoms with Gasteiger partial charge in [-0.15, -0.1) is 5.73 Å². The van der Waals surface area contributed by atoms with Crippen molar-refractivity contribution < 1.29 is 4.79 Å². The highest BCUT2D eigenvalue weighted by Crippen LogP contribution is 2.06. The van der Waals surface area contributed by atoms with Gasteiger partial charge >= 0.3 is 0 Å². The van der Waals surface area contributed by atoms with Crippen molar-refractivity contribution in [3.05, 3.63) is 53.3 Å². The van der Waals surface area contributed by atoms with E-state index in [9.17, 15) is 4.79 Å². The van der Waals surface area contributed by atoms with Crippen LogP contribution in [0.5, 0.6) is 0 Å². The molecule has 80 valence electrons. The number of hydrogen-bond donors (Lipinski definition) is 1. The average Bonchev–Trinajstić information content (AvgIpc) is 2.35. The van der Waals surface area contributed by atoms with E-state index in [4.69, 9.17) is 5.26 Å². The maximum absolute atomic E-state index is 11.4. The Bertz CT molecular complexity index is 491. The lowest BCUT2D eigenvalue weighted by molar-refractivity contribution is -0.117. The fourth-order valence-corrected chi connectivity index (χ4v) is 1.17. The quantitative estimate of drug-likeness (QED) is 0.614. The van der Waals surface area contributed by atoms with E-state index in [2.05, 4.69) is 23.7 Å². The first-order chi connectivity index (χ1) is 7.69. The first kappa shape index (κ1) is 11.8. The maximum Gasteiger partial charge on any atom is 0.254 e. The highest BCUT2D eigenvalue weighted by atomic mass is 16.1. The van der Waals surface area contributed by atoms with Crippen LogP contribution >= 0.6 is 0 Å². The highest BCUT2D eigenvalue weighted by Gasteiger charge is 2.05. The SMILES string of the molecule is C=C=C(C)C(=O)NCc1ccccc1C#N. The monoisotopic (exact) mass is 212 g/mol.